The van der Waals surface area contributed by atoms with Crippen LogP contribution in [0, 0.1) is 17.9 Å². The summed E-state index contributed by atoms with van der Waals surface area (Å²) in [4.78, 5) is 30.9. The Balaban J connectivity index is 1.23. The molecule has 2 aromatic heterocycles. The fraction of sp³-hybridized carbons (Fsp3) is 0. The Kier molecular flexibility index (Phi) is 11.7. The predicted octanol–water partition coefficient (Wildman–Crippen LogP) is 12.6. The van der Waals surface area contributed by atoms with Gasteiger partial charge in [-0.05, 0) is 106 Å². The van der Waals surface area contributed by atoms with Crippen molar-refractivity contribution in [1.82, 2.24) is 0 Å². The van der Waals surface area contributed by atoms with E-state index in [0.717, 1.165) is 65.1 Å². The molecular formula is C48H31N3O4S2. The molecule has 274 valence electrons. The summed E-state index contributed by atoms with van der Waals surface area (Å²) in [5, 5.41) is 18.6. The number of nitrogens with zero attached hydrogens (tertiary/aromatic N) is 3. The standard InChI is InChI=1S/C48H31N3O4S2/c1-50-45(48(53)54)30-43-25-27-47(57-43)37-16-22-40(23-17-37)51(39-20-14-36(15-21-39)46-26-24-42(56-46)29-41(31-49)55-32-52)38-18-12-33(13-19-38)28-44(34-8-4-2-5-9-34)35-10-6-3-7-11-35/h2-30,32H,(H,53,54)/b41-29+,45-30-. The van der Waals surface area contributed by atoms with Gasteiger partial charge in [-0.1, -0.05) is 97.1 Å². The van der Waals surface area contributed by atoms with Crippen molar-refractivity contribution >= 4 is 76.0 Å². The van der Waals surface area contributed by atoms with Crippen LogP contribution in [0.15, 0.2) is 169 Å². The molecule has 0 radical (unpaired) electrons. The number of hydrogen-bond donors (Lipinski definition) is 1. The molecule has 0 aliphatic heterocycles. The summed E-state index contributed by atoms with van der Waals surface area (Å²) in [6.45, 7) is 7.42. The molecule has 0 unspecified atom stereocenters. The second-order valence-corrected chi connectivity index (χ2v) is 14.7. The number of rotatable bonds is 13. The molecule has 57 heavy (non-hydrogen) atoms. The van der Waals surface area contributed by atoms with Gasteiger partial charge >= 0.3 is 5.97 Å². The van der Waals surface area contributed by atoms with Gasteiger partial charge in [0.15, 0.2) is 0 Å². The zero-order valence-corrected chi connectivity index (χ0v) is 31.8. The van der Waals surface area contributed by atoms with E-state index in [9.17, 15) is 20.0 Å². The predicted molar refractivity (Wildman–Crippen MR) is 231 cm³/mol. The van der Waals surface area contributed by atoms with Crippen molar-refractivity contribution in [2.24, 2.45) is 0 Å². The lowest BCUT2D eigenvalue weighted by Crippen LogP contribution is -2.09. The maximum absolute atomic E-state index is 11.4. The lowest BCUT2D eigenvalue weighted by Gasteiger charge is -2.26. The maximum Gasteiger partial charge on any atom is 0.333 e. The molecule has 0 atom stereocenters. The van der Waals surface area contributed by atoms with Crippen molar-refractivity contribution < 1.29 is 19.4 Å². The van der Waals surface area contributed by atoms with E-state index in [1.54, 1.807) is 0 Å². The smallest absolute Gasteiger partial charge is 0.333 e. The molecule has 0 saturated carbocycles. The van der Waals surface area contributed by atoms with E-state index in [4.69, 9.17) is 11.3 Å². The Labute approximate surface area is 338 Å². The van der Waals surface area contributed by atoms with Gasteiger partial charge in [0.1, 0.15) is 6.07 Å². The van der Waals surface area contributed by atoms with Crippen molar-refractivity contribution in [2.75, 3.05) is 4.90 Å². The minimum Gasteiger partial charge on any atom is -0.486 e. The highest BCUT2D eigenvalue weighted by Crippen LogP contribution is 2.39. The molecule has 0 aliphatic rings. The van der Waals surface area contributed by atoms with Crippen LogP contribution in [0.4, 0.5) is 17.1 Å². The van der Waals surface area contributed by atoms with Crippen LogP contribution in [0.1, 0.15) is 26.4 Å². The van der Waals surface area contributed by atoms with Gasteiger partial charge in [0.25, 0.3) is 12.2 Å². The number of anilines is 3. The van der Waals surface area contributed by atoms with Crippen LogP contribution in [-0.4, -0.2) is 17.5 Å². The summed E-state index contributed by atoms with van der Waals surface area (Å²) < 4.78 is 4.75. The molecule has 0 amide bonds. The molecular weight excluding hydrogens is 747 g/mol. The quantitative estimate of drug-likeness (QED) is 0.0313. The van der Waals surface area contributed by atoms with E-state index in [0.29, 0.717) is 4.88 Å². The number of aliphatic carboxylic acids is 1. The number of ether oxygens (including phenoxy) is 1. The number of thiophene rings is 2. The summed E-state index contributed by atoms with van der Waals surface area (Å²) >= 11 is 2.91. The van der Waals surface area contributed by atoms with E-state index in [1.165, 1.54) is 34.8 Å². The minimum absolute atomic E-state index is 0.0722. The maximum atomic E-state index is 11.4. The van der Waals surface area contributed by atoms with Crippen molar-refractivity contribution in [3.8, 4) is 27.0 Å². The van der Waals surface area contributed by atoms with Crippen LogP contribution >= 0.6 is 22.7 Å². The Morgan fingerprint density at radius 2 is 1.12 bits per heavy atom. The number of hydrogen-bond acceptors (Lipinski definition) is 7. The van der Waals surface area contributed by atoms with E-state index in [2.05, 4.69) is 101 Å². The third kappa shape index (κ3) is 9.05. The molecule has 0 saturated heterocycles. The Morgan fingerprint density at radius 3 is 1.56 bits per heavy atom. The number of carbonyl (C=O) groups excluding carboxylic acids is 1. The average Bonchev–Trinajstić information content (AvgIpc) is 3.94. The van der Waals surface area contributed by atoms with Crippen molar-refractivity contribution in [1.29, 1.82) is 5.26 Å². The lowest BCUT2D eigenvalue weighted by molar-refractivity contribution is -0.132. The number of carbonyl (C=O) groups is 2. The number of benzene rings is 5. The third-order valence-corrected chi connectivity index (χ3v) is 11.0. The van der Waals surface area contributed by atoms with E-state index in [-0.39, 0.29) is 17.9 Å². The fourth-order valence-corrected chi connectivity index (χ4v) is 8.07. The second kappa shape index (κ2) is 17.7. The van der Waals surface area contributed by atoms with Gasteiger partial charge in [-0.3, -0.25) is 9.59 Å². The molecule has 1 N–H and O–H groups in total. The Bertz CT molecular complexity index is 2660. The first-order chi connectivity index (χ1) is 27.9. The Morgan fingerprint density at radius 1 is 0.649 bits per heavy atom. The summed E-state index contributed by atoms with van der Waals surface area (Å²) in [5.74, 6) is -1.32. The van der Waals surface area contributed by atoms with Gasteiger partial charge in [-0.2, -0.15) is 5.26 Å². The molecule has 7 rings (SSSR count). The summed E-state index contributed by atoms with van der Waals surface area (Å²) in [7, 11) is 0. The van der Waals surface area contributed by atoms with Crippen molar-refractivity contribution in [3.63, 3.8) is 0 Å². The molecule has 7 nitrogen and oxygen atoms in total. The highest BCUT2D eigenvalue weighted by Gasteiger charge is 2.15. The van der Waals surface area contributed by atoms with Crippen LogP contribution in [0.25, 0.3) is 49.5 Å². The van der Waals surface area contributed by atoms with Crippen LogP contribution in [0.5, 0.6) is 0 Å². The monoisotopic (exact) mass is 777 g/mol. The second-order valence-electron chi connectivity index (χ2n) is 12.5. The molecule has 9 heteroatoms. The first-order valence-corrected chi connectivity index (χ1v) is 19.2. The van der Waals surface area contributed by atoms with Gasteiger partial charge in [-0.15, -0.1) is 22.7 Å². The van der Waals surface area contributed by atoms with Gasteiger partial charge < -0.3 is 14.7 Å². The van der Waals surface area contributed by atoms with Gasteiger partial charge in [-0.25, -0.2) is 4.85 Å². The summed E-state index contributed by atoms with van der Waals surface area (Å²) in [6.07, 6.45) is 5.14. The van der Waals surface area contributed by atoms with E-state index >= 15 is 0 Å². The first kappa shape index (κ1) is 37.7. The Hall–Kier alpha value is -7.56. The molecule has 2 heterocycles. The summed E-state index contributed by atoms with van der Waals surface area (Å²) in [6, 6.07) is 55.1. The zero-order valence-electron chi connectivity index (χ0n) is 30.2. The number of carboxylic acid groups (broad SMARTS) is 1. The largest absolute Gasteiger partial charge is 0.486 e. The average molecular weight is 778 g/mol. The SMILES string of the molecule is [C-]#[N+]/C(=C\c1ccc(-c2ccc(N(c3ccc(C=C(c4ccccc4)c4ccccc4)cc3)c3ccc(-c4ccc(/C=C(\C#N)OC=O)s4)cc3)cc2)s1)C(=O)O. The highest BCUT2D eigenvalue weighted by molar-refractivity contribution is 7.16. The topological polar surface area (TPSA) is 95.0 Å². The van der Waals surface area contributed by atoms with Crippen LogP contribution < -0.4 is 4.90 Å². The van der Waals surface area contributed by atoms with Gasteiger partial charge in [0, 0.05) is 42.6 Å². The molecule has 0 spiro atoms. The van der Waals surface area contributed by atoms with Crippen LogP contribution in [-0.2, 0) is 14.3 Å². The molecule has 0 bridgehead atoms. The van der Waals surface area contributed by atoms with Gasteiger partial charge in [0.05, 0.1) is 6.57 Å². The minimum atomic E-state index is -1.25. The first-order valence-electron chi connectivity index (χ1n) is 17.6. The number of carboxylic acids is 1. The molecule has 0 fully saturated rings. The normalized spacial score (nSPS) is 11.2. The number of allylic oxidation sites excluding steroid dienone is 1. The third-order valence-electron chi connectivity index (χ3n) is 8.88. The number of nitriles is 1. The molecule has 0 aliphatic carbocycles. The highest BCUT2D eigenvalue weighted by atomic mass is 32.1. The van der Waals surface area contributed by atoms with Crippen LogP contribution in [0.2, 0.25) is 0 Å². The molecule has 7 aromatic rings. The van der Waals surface area contributed by atoms with Crippen molar-refractivity contribution in [2.45, 2.75) is 0 Å². The van der Waals surface area contributed by atoms with Crippen LogP contribution in [0.3, 0.4) is 0 Å². The van der Waals surface area contributed by atoms with E-state index in [1.807, 2.05) is 78.9 Å². The van der Waals surface area contributed by atoms with E-state index < -0.39 is 5.97 Å². The van der Waals surface area contributed by atoms with Crippen molar-refractivity contribution in [3.05, 3.63) is 207 Å². The zero-order chi connectivity index (χ0) is 39.6. The molecule has 5 aromatic carbocycles. The lowest BCUT2D eigenvalue weighted by atomic mass is 9.95. The summed E-state index contributed by atoms with van der Waals surface area (Å²) in [5.41, 5.74) is 8.91. The fourth-order valence-electron chi connectivity index (χ4n) is 6.17. The van der Waals surface area contributed by atoms with Gasteiger partial charge in [0.2, 0.25) is 5.76 Å².